The topological polar surface area (TPSA) is 94.8 Å². The number of rotatable bonds is 6. The Morgan fingerprint density at radius 1 is 1.16 bits per heavy atom. The van der Waals surface area contributed by atoms with Crippen LogP contribution in [0.2, 0.25) is 0 Å². The SMILES string of the molecule is O=C(Cc1c[nH]c(=O)[nH]c1=O)NCC(c1ccccc1)C1CCCC1. The molecular formula is C19H23N3O3. The zero-order valence-corrected chi connectivity index (χ0v) is 14.1. The number of carbonyl (C=O) groups excluding carboxylic acids is 1. The number of carbonyl (C=O) groups is 1. The molecule has 1 aliphatic rings. The van der Waals surface area contributed by atoms with Crippen molar-refractivity contribution in [3.8, 4) is 0 Å². The third-order valence-corrected chi connectivity index (χ3v) is 4.96. The van der Waals surface area contributed by atoms with E-state index in [1.54, 1.807) is 0 Å². The van der Waals surface area contributed by atoms with Crippen LogP contribution in [0.1, 0.15) is 42.7 Å². The summed E-state index contributed by atoms with van der Waals surface area (Å²) in [5, 5.41) is 2.96. The van der Waals surface area contributed by atoms with Gasteiger partial charge in [-0.25, -0.2) is 4.79 Å². The molecule has 3 N–H and O–H groups in total. The van der Waals surface area contributed by atoms with Crippen molar-refractivity contribution in [1.29, 1.82) is 0 Å². The molecular weight excluding hydrogens is 318 g/mol. The van der Waals surface area contributed by atoms with E-state index in [4.69, 9.17) is 0 Å². The van der Waals surface area contributed by atoms with E-state index in [9.17, 15) is 14.4 Å². The first kappa shape index (κ1) is 17.2. The summed E-state index contributed by atoms with van der Waals surface area (Å²) < 4.78 is 0. The van der Waals surface area contributed by atoms with Gasteiger partial charge in [0.1, 0.15) is 0 Å². The quantitative estimate of drug-likeness (QED) is 0.746. The molecule has 2 aromatic rings. The monoisotopic (exact) mass is 341 g/mol. The molecule has 0 aliphatic heterocycles. The van der Waals surface area contributed by atoms with Crippen molar-refractivity contribution in [2.75, 3.05) is 6.54 Å². The van der Waals surface area contributed by atoms with Gasteiger partial charge in [0.15, 0.2) is 0 Å². The first-order valence-electron chi connectivity index (χ1n) is 8.76. The third-order valence-electron chi connectivity index (χ3n) is 4.96. The van der Waals surface area contributed by atoms with Crippen LogP contribution in [0.25, 0.3) is 0 Å². The van der Waals surface area contributed by atoms with Crippen molar-refractivity contribution in [2.24, 2.45) is 5.92 Å². The highest BCUT2D eigenvalue weighted by Crippen LogP contribution is 2.36. The number of hydrogen-bond acceptors (Lipinski definition) is 3. The summed E-state index contributed by atoms with van der Waals surface area (Å²) in [5.41, 5.74) is 0.416. The van der Waals surface area contributed by atoms with Crippen LogP contribution in [0.3, 0.4) is 0 Å². The molecule has 1 aliphatic carbocycles. The second kappa shape index (κ2) is 7.96. The second-order valence-corrected chi connectivity index (χ2v) is 6.64. The van der Waals surface area contributed by atoms with Crippen LogP contribution >= 0.6 is 0 Å². The minimum Gasteiger partial charge on any atom is -0.355 e. The first-order valence-corrected chi connectivity index (χ1v) is 8.76. The lowest BCUT2D eigenvalue weighted by Gasteiger charge is -2.24. The van der Waals surface area contributed by atoms with Crippen molar-refractivity contribution < 1.29 is 4.79 Å². The minimum absolute atomic E-state index is 0.0434. The third kappa shape index (κ3) is 4.47. The van der Waals surface area contributed by atoms with Gasteiger partial charge >= 0.3 is 5.69 Å². The van der Waals surface area contributed by atoms with Crippen molar-refractivity contribution in [1.82, 2.24) is 15.3 Å². The Bertz CT molecular complexity index is 820. The van der Waals surface area contributed by atoms with Crippen LogP contribution in [-0.2, 0) is 11.2 Å². The van der Waals surface area contributed by atoms with Crippen molar-refractivity contribution >= 4 is 5.91 Å². The first-order chi connectivity index (χ1) is 12.1. The highest BCUT2D eigenvalue weighted by molar-refractivity contribution is 5.78. The van der Waals surface area contributed by atoms with Gasteiger partial charge in [0, 0.05) is 24.2 Å². The molecule has 0 radical (unpaired) electrons. The molecule has 25 heavy (non-hydrogen) atoms. The van der Waals surface area contributed by atoms with Gasteiger partial charge in [-0.1, -0.05) is 43.2 Å². The van der Waals surface area contributed by atoms with E-state index in [1.807, 2.05) is 18.2 Å². The van der Waals surface area contributed by atoms with Gasteiger partial charge in [0.05, 0.1) is 6.42 Å². The maximum Gasteiger partial charge on any atom is 0.325 e. The van der Waals surface area contributed by atoms with Crippen molar-refractivity contribution in [2.45, 2.75) is 38.0 Å². The minimum atomic E-state index is -0.570. The fraction of sp³-hybridized carbons (Fsp3) is 0.421. The molecule has 0 spiro atoms. The zero-order valence-electron chi connectivity index (χ0n) is 14.1. The van der Waals surface area contributed by atoms with E-state index in [0.29, 0.717) is 18.4 Å². The van der Waals surface area contributed by atoms with Crippen LogP contribution in [0.15, 0.2) is 46.1 Å². The van der Waals surface area contributed by atoms with Crippen LogP contribution < -0.4 is 16.6 Å². The smallest absolute Gasteiger partial charge is 0.325 e. The van der Waals surface area contributed by atoms with Gasteiger partial charge in [-0.3, -0.25) is 14.6 Å². The fourth-order valence-electron chi connectivity index (χ4n) is 3.64. The standard InChI is InChI=1S/C19H23N3O3/c23-17(10-15-11-21-19(25)22-18(15)24)20-12-16(14-8-4-5-9-14)13-6-2-1-3-7-13/h1-3,6-7,11,14,16H,4-5,8-10,12H2,(H,20,23)(H2,21,22,24,25). The predicted octanol–water partition coefficient (Wildman–Crippen LogP) is 1.70. The summed E-state index contributed by atoms with van der Waals surface area (Å²) in [4.78, 5) is 39.5. The van der Waals surface area contributed by atoms with Crippen LogP contribution in [0.5, 0.6) is 0 Å². The largest absolute Gasteiger partial charge is 0.355 e. The van der Waals surface area contributed by atoms with Gasteiger partial charge in [-0.15, -0.1) is 0 Å². The lowest BCUT2D eigenvalue weighted by molar-refractivity contribution is -0.120. The van der Waals surface area contributed by atoms with E-state index in [0.717, 1.165) is 0 Å². The van der Waals surface area contributed by atoms with E-state index in [2.05, 4.69) is 27.4 Å². The average molecular weight is 341 g/mol. The molecule has 6 nitrogen and oxygen atoms in total. The molecule has 1 amide bonds. The molecule has 6 heteroatoms. The summed E-state index contributed by atoms with van der Waals surface area (Å²) in [5.74, 6) is 0.664. The number of hydrogen-bond donors (Lipinski definition) is 3. The van der Waals surface area contributed by atoms with Gasteiger partial charge in [0.25, 0.3) is 5.56 Å². The highest BCUT2D eigenvalue weighted by Gasteiger charge is 2.26. The predicted molar refractivity (Wildman–Crippen MR) is 95.5 cm³/mol. The lowest BCUT2D eigenvalue weighted by atomic mass is 9.85. The van der Waals surface area contributed by atoms with Crippen molar-refractivity contribution in [3.05, 3.63) is 68.5 Å². The number of benzene rings is 1. The number of aromatic amines is 2. The Kier molecular flexibility index (Phi) is 5.48. The summed E-state index contributed by atoms with van der Waals surface area (Å²) in [6.07, 6.45) is 6.12. The number of amides is 1. The van der Waals surface area contributed by atoms with E-state index in [-0.39, 0.29) is 17.9 Å². The van der Waals surface area contributed by atoms with Crippen LogP contribution in [0.4, 0.5) is 0 Å². The van der Waals surface area contributed by atoms with Gasteiger partial charge in [-0.05, 0) is 24.3 Å². The summed E-state index contributed by atoms with van der Waals surface area (Å²) in [6.45, 7) is 0.564. The Morgan fingerprint density at radius 2 is 1.88 bits per heavy atom. The van der Waals surface area contributed by atoms with Gasteiger partial charge < -0.3 is 10.3 Å². The molecule has 1 aromatic carbocycles. The zero-order chi connectivity index (χ0) is 17.6. The van der Waals surface area contributed by atoms with Crippen LogP contribution in [-0.4, -0.2) is 22.4 Å². The molecule has 1 saturated carbocycles. The number of H-pyrrole nitrogens is 2. The fourth-order valence-corrected chi connectivity index (χ4v) is 3.64. The summed E-state index contributed by atoms with van der Waals surface area (Å²) >= 11 is 0. The maximum absolute atomic E-state index is 12.2. The van der Waals surface area contributed by atoms with Gasteiger partial charge in [-0.2, -0.15) is 0 Å². The number of aromatic nitrogens is 2. The van der Waals surface area contributed by atoms with E-state index >= 15 is 0 Å². The normalized spacial score (nSPS) is 15.8. The average Bonchev–Trinajstić information content (AvgIpc) is 3.13. The Labute approximate surface area is 145 Å². The molecule has 0 saturated heterocycles. The number of nitrogens with one attached hydrogen (secondary N) is 3. The maximum atomic E-state index is 12.2. The van der Waals surface area contributed by atoms with Crippen LogP contribution in [0, 0.1) is 5.92 Å². The van der Waals surface area contributed by atoms with E-state index in [1.165, 1.54) is 37.4 Å². The Morgan fingerprint density at radius 3 is 2.56 bits per heavy atom. The molecule has 1 heterocycles. The second-order valence-electron chi connectivity index (χ2n) is 6.64. The molecule has 0 bridgehead atoms. The highest BCUT2D eigenvalue weighted by atomic mass is 16.2. The summed E-state index contributed by atoms with van der Waals surface area (Å²) in [7, 11) is 0. The van der Waals surface area contributed by atoms with Gasteiger partial charge in [0.2, 0.25) is 5.91 Å². The Hall–Kier alpha value is -2.63. The molecule has 132 valence electrons. The molecule has 1 unspecified atom stereocenters. The summed E-state index contributed by atoms with van der Waals surface area (Å²) in [6, 6.07) is 10.3. The lowest BCUT2D eigenvalue weighted by Crippen LogP contribution is -2.34. The molecule has 3 rings (SSSR count). The van der Waals surface area contributed by atoms with Crippen molar-refractivity contribution in [3.63, 3.8) is 0 Å². The molecule has 1 fully saturated rings. The molecule has 1 aromatic heterocycles. The van der Waals surface area contributed by atoms with E-state index < -0.39 is 11.2 Å². The Balaban J connectivity index is 1.65. The molecule has 1 atom stereocenters.